The van der Waals surface area contributed by atoms with Gasteiger partial charge in [0.1, 0.15) is 23.6 Å². The van der Waals surface area contributed by atoms with E-state index < -0.39 is 17.5 Å². The van der Waals surface area contributed by atoms with Crippen molar-refractivity contribution in [3.63, 3.8) is 0 Å². The molecule has 174 valence electrons. The van der Waals surface area contributed by atoms with Gasteiger partial charge in [-0.05, 0) is 54.7 Å². The molecular weight excluding hydrogens is 422 g/mol. The molecule has 1 aliphatic heterocycles. The fourth-order valence-corrected chi connectivity index (χ4v) is 4.77. The van der Waals surface area contributed by atoms with Gasteiger partial charge in [0.05, 0.1) is 14.2 Å². The van der Waals surface area contributed by atoms with Crippen LogP contribution in [0.15, 0.2) is 42.5 Å². The van der Waals surface area contributed by atoms with Crippen LogP contribution in [0.25, 0.3) is 11.1 Å². The lowest BCUT2D eigenvalue weighted by atomic mass is 9.73. The van der Waals surface area contributed by atoms with Gasteiger partial charge < -0.3 is 20.1 Å². The lowest BCUT2D eigenvalue weighted by Gasteiger charge is -2.36. The largest absolute Gasteiger partial charge is 0.497 e. The molecule has 8 nitrogen and oxygen atoms in total. The van der Waals surface area contributed by atoms with E-state index in [4.69, 9.17) is 9.47 Å². The zero-order chi connectivity index (χ0) is 23.6. The highest BCUT2D eigenvalue weighted by molar-refractivity contribution is 6.10. The van der Waals surface area contributed by atoms with Gasteiger partial charge in [-0.15, -0.1) is 0 Å². The third-order valence-electron chi connectivity index (χ3n) is 6.69. The summed E-state index contributed by atoms with van der Waals surface area (Å²) in [5.41, 5.74) is 1.35. The topological polar surface area (TPSA) is 97.0 Å². The van der Waals surface area contributed by atoms with E-state index in [0.29, 0.717) is 17.9 Å². The molecule has 2 atom stereocenters. The molecule has 2 fully saturated rings. The summed E-state index contributed by atoms with van der Waals surface area (Å²) in [6.07, 6.45) is 3.42. The second kappa shape index (κ2) is 9.13. The van der Waals surface area contributed by atoms with Gasteiger partial charge in [0.15, 0.2) is 0 Å². The molecule has 2 N–H and O–H groups in total. The van der Waals surface area contributed by atoms with E-state index in [-0.39, 0.29) is 18.4 Å². The van der Waals surface area contributed by atoms with Crippen molar-refractivity contribution < 1.29 is 23.9 Å². The van der Waals surface area contributed by atoms with Crippen molar-refractivity contribution in [1.82, 2.24) is 10.2 Å². The zero-order valence-corrected chi connectivity index (χ0v) is 19.1. The first-order valence-electron chi connectivity index (χ1n) is 11.1. The van der Waals surface area contributed by atoms with E-state index in [1.165, 1.54) is 0 Å². The van der Waals surface area contributed by atoms with Gasteiger partial charge in [-0.3, -0.25) is 14.5 Å². The van der Waals surface area contributed by atoms with Crippen molar-refractivity contribution in [2.24, 2.45) is 5.92 Å². The van der Waals surface area contributed by atoms with Crippen LogP contribution in [0.5, 0.6) is 11.5 Å². The minimum atomic E-state index is -0.878. The zero-order valence-electron chi connectivity index (χ0n) is 19.1. The number of ether oxygens (including phenoxy) is 2. The number of rotatable bonds is 6. The van der Waals surface area contributed by atoms with Crippen molar-refractivity contribution in [2.45, 2.75) is 38.1 Å². The van der Waals surface area contributed by atoms with E-state index in [1.54, 1.807) is 32.4 Å². The van der Waals surface area contributed by atoms with Crippen LogP contribution >= 0.6 is 0 Å². The average Bonchev–Trinajstić information content (AvgIpc) is 3.05. The van der Waals surface area contributed by atoms with E-state index in [2.05, 4.69) is 10.6 Å². The Kier molecular flexibility index (Phi) is 6.26. The lowest BCUT2D eigenvalue weighted by molar-refractivity contribution is -0.136. The minimum absolute atomic E-state index is 0.0457. The Hall–Kier alpha value is -3.55. The summed E-state index contributed by atoms with van der Waals surface area (Å²) >= 11 is 0. The summed E-state index contributed by atoms with van der Waals surface area (Å²) in [7, 11) is 3.19. The predicted octanol–water partition coefficient (Wildman–Crippen LogP) is 3.81. The Morgan fingerprint density at radius 1 is 1.12 bits per heavy atom. The number of hydrogen-bond acceptors (Lipinski definition) is 5. The molecular formula is C25H29N3O5. The average molecular weight is 452 g/mol. The smallest absolute Gasteiger partial charge is 0.325 e. The van der Waals surface area contributed by atoms with Crippen molar-refractivity contribution in [2.75, 3.05) is 26.1 Å². The third-order valence-corrected chi connectivity index (χ3v) is 6.69. The fraction of sp³-hybridized carbons (Fsp3) is 0.400. The van der Waals surface area contributed by atoms with Gasteiger partial charge in [0, 0.05) is 11.3 Å². The van der Waals surface area contributed by atoms with Crippen LogP contribution in [0.3, 0.4) is 0 Å². The summed E-state index contributed by atoms with van der Waals surface area (Å²) in [6.45, 7) is 1.65. The van der Waals surface area contributed by atoms with Crippen LogP contribution in [0.1, 0.15) is 32.6 Å². The third kappa shape index (κ3) is 4.25. The van der Waals surface area contributed by atoms with E-state index >= 15 is 0 Å². The number of methoxy groups -OCH3 is 2. The van der Waals surface area contributed by atoms with Gasteiger partial charge in [0.2, 0.25) is 5.91 Å². The highest BCUT2D eigenvalue weighted by Gasteiger charge is 2.55. The Labute approximate surface area is 193 Å². The molecule has 1 saturated carbocycles. The summed E-state index contributed by atoms with van der Waals surface area (Å²) < 4.78 is 10.7. The molecule has 0 unspecified atom stereocenters. The number of anilines is 1. The molecule has 0 radical (unpaired) electrons. The number of amides is 4. The SMILES string of the molecule is COc1ccc(-c2cc(NC(=O)CN3C(=O)N[C@@]4(CCCC[C@H]4C)C3=O)ccc2OC)cc1. The Morgan fingerprint density at radius 2 is 1.88 bits per heavy atom. The fourth-order valence-electron chi connectivity index (χ4n) is 4.77. The van der Waals surface area contributed by atoms with Crippen LogP contribution in [-0.2, 0) is 9.59 Å². The number of nitrogens with zero attached hydrogens (tertiary/aromatic N) is 1. The molecule has 2 aliphatic rings. The van der Waals surface area contributed by atoms with Crippen LogP contribution < -0.4 is 20.1 Å². The minimum Gasteiger partial charge on any atom is -0.497 e. The summed E-state index contributed by atoms with van der Waals surface area (Å²) in [5.74, 6) is 0.694. The second-order valence-corrected chi connectivity index (χ2v) is 8.63. The summed E-state index contributed by atoms with van der Waals surface area (Å²) in [5, 5.41) is 5.68. The summed E-state index contributed by atoms with van der Waals surface area (Å²) in [6, 6.07) is 12.3. The molecule has 1 heterocycles. The van der Waals surface area contributed by atoms with E-state index in [9.17, 15) is 14.4 Å². The van der Waals surface area contributed by atoms with Gasteiger partial charge in [-0.1, -0.05) is 31.9 Å². The normalized spacial score (nSPS) is 22.3. The summed E-state index contributed by atoms with van der Waals surface area (Å²) in [4.78, 5) is 39.5. The second-order valence-electron chi connectivity index (χ2n) is 8.63. The highest BCUT2D eigenvalue weighted by atomic mass is 16.5. The van der Waals surface area contributed by atoms with Crippen molar-refractivity contribution in [3.8, 4) is 22.6 Å². The molecule has 1 aliphatic carbocycles. The van der Waals surface area contributed by atoms with Crippen molar-refractivity contribution in [3.05, 3.63) is 42.5 Å². The van der Waals surface area contributed by atoms with Gasteiger partial charge in [-0.2, -0.15) is 0 Å². The standard InChI is InChI=1S/C25H29N3O5/c1-16-6-4-5-13-25(16)23(30)28(24(31)27-25)15-22(29)26-18-9-12-21(33-3)20(14-18)17-7-10-19(32-2)11-8-17/h7-12,14,16H,4-6,13,15H2,1-3H3,(H,26,29)(H,27,31)/t16-,25-/m1/s1. The first kappa shape index (κ1) is 22.6. The number of carbonyl (C=O) groups is 3. The van der Waals surface area contributed by atoms with E-state index in [0.717, 1.165) is 41.0 Å². The maximum absolute atomic E-state index is 13.1. The van der Waals surface area contributed by atoms with Gasteiger partial charge in [-0.25, -0.2) is 4.79 Å². The van der Waals surface area contributed by atoms with Gasteiger partial charge >= 0.3 is 6.03 Å². The number of carbonyl (C=O) groups excluding carboxylic acids is 3. The number of hydrogen-bond donors (Lipinski definition) is 2. The molecule has 1 spiro atoms. The monoisotopic (exact) mass is 451 g/mol. The highest BCUT2D eigenvalue weighted by Crippen LogP contribution is 2.38. The molecule has 0 aromatic heterocycles. The van der Waals surface area contributed by atoms with Crippen molar-refractivity contribution >= 4 is 23.5 Å². The number of benzene rings is 2. The number of nitrogens with one attached hydrogen (secondary N) is 2. The molecule has 4 amide bonds. The Balaban J connectivity index is 1.49. The van der Waals surface area contributed by atoms with Crippen LogP contribution in [-0.4, -0.2) is 49.0 Å². The molecule has 33 heavy (non-hydrogen) atoms. The van der Waals surface area contributed by atoms with Gasteiger partial charge in [0.25, 0.3) is 5.91 Å². The predicted molar refractivity (Wildman–Crippen MR) is 124 cm³/mol. The molecule has 1 saturated heterocycles. The Bertz CT molecular complexity index is 1070. The lowest BCUT2D eigenvalue weighted by Crippen LogP contribution is -2.54. The molecule has 2 aromatic rings. The van der Waals surface area contributed by atoms with Crippen molar-refractivity contribution in [1.29, 1.82) is 0 Å². The first-order valence-corrected chi connectivity index (χ1v) is 11.1. The van der Waals surface area contributed by atoms with Crippen LogP contribution in [0.4, 0.5) is 10.5 Å². The maximum atomic E-state index is 13.1. The van der Waals surface area contributed by atoms with Crippen LogP contribution in [0.2, 0.25) is 0 Å². The van der Waals surface area contributed by atoms with E-state index in [1.807, 2.05) is 31.2 Å². The van der Waals surface area contributed by atoms with Crippen LogP contribution in [0, 0.1) is 5.92 Å². The molecule has 4 rings (SSSR count). The number of urea groups is 1. The quantitative estimate of drug-likeness (QED) is 0.651. The number of imide groups is 1. The maximum Gasteiger partial charge on any atom is 0.325 e. The first-order chi connectivity index (χ1) is 15.9. The molecule has 2 aromatic carbocycles. The Morgan fingerprint density at radius 3 is 2.55 bits per heavy atom. The molecule has 8 heteroatoms. The molecule has 0 bridgehead atoms.